The number of hydrogen-bond donors (Lipinski definition) is 1. The summed E-state index contributed by atoms with van der Waals surface area (Å²) in [6, 6.07) is 21.2. The number of halogens is 3. The van der Waals surface area contributed by atoms with Gasteiger partial charge in [-0.3, -0.25) is 9.78 Å². The van der Waals surface area contributed by atoms with E-state index < -0.39 is 11.7 Å². The van der Waals surface area contributed by atoms with Gasteiger partial charge in [-0.15, -0.1) is 0 Å². The summed E-state index contributed by atoms with van der Waals surface area (Å²) in [6.07, 6.45) is -2.69. The number of amides is 1. The molecule has 1 N–H and O–H groups in total. The number of benzene rings is 3. The number of hydrogen-bond acceptors (Lipinski definition) is 2. The van der Waals surface area contributed by atoms with Crippen molar-refractivity contribution >= 4 is 16.7 Å². The molecule has 156 valence electrons. The highest BCUT2D eigenvalue weighted by Crippen LogP contribution is 2.33. The third-order valence-corrected chi connectivity index (χ3v) is 5.14. The van der Waals surface area contributed by atoms with Crippen LogP contribution >= 0.6 is 0 Å². The molecule has 0 aliphatic rings. The van der Waals surface area contributed by atoms with E-state index in [2.05, 4.69) is 10.3 Å². The zero-order valence-electron chi connectivity index (χ0n) is 16.6. The number of aromatic nitrogens is 1. The minimum absolute atomic E-state index is 0.222. The third kappa shape index (κ3) is 4.43. The molecule has 31 heavy (non-hydrogen) atoms. The Balaban J connectivity index is 1.61. The molecule has 0 saturated carbocycles. The summed E-state index contributed by atoms with van der Waals surface area (Å²) in [4.78, 5) is 17.0. The van der Waals surface area contributed by atoms with E-state index in [1.807, 2.05) is 49.4 Å². The molecule has 6 heteroatoms. The Morgan fingerprint density at radius 1 is 0.935 bits per heavy atom. The van der Waals surface area contributed by atoms with Crippen molar-refractivity contribution in [2.75, 3.05) is 0 Å². The lowest BCUT2D eigenvalue weighted by atomic mass is 9.96. The molecule has 3 nitrogen and oxygen atoms in total. The molecule has 1 amide bonds. The molecule has 0 aliphatic heterocycles. The minimum atomic E-state index is -4.37. The van der Waals surface area contributed by atoms with Crippen LogP contribution in [0.25, 0.3) is 21.9 Å². The predicted octanol–water partition coefficient (Wildman–Crippen LogP) is 6.41. The van der Waals surface area contributed by atoms with Crippen molar-refractivity contribution in [2.24, 2.45) is 0 Å². The van der Waals surface area contributed by atoms with Gasteiger partial charge in [0.1, 0.15) is 0 Å². The zero-order valence-corrected chi connectivity index (χ0v) is 16.6. The first-order valence-corrected chi connectivity index (χ1v) is 9.75. The Kier molecular flexibility index (Phi) is 5.46. The van der Waals surface area contributed by atoms with E-state index in [1.54, 1.807) is 18.3 Å². The molecular weight excluding hydrogens is 401 g/mol. The van der Waals surface area contributed by atoms with Crippen LogP contribution in [0.1, 0.15) is 34.6 Å². The van der Waals surface area contributed by atoms with Gasteiger partial charge in [0.05, 0.1) is 17.3 Å². The molecule has 0 unspecified atom stereocenters. The fraction of sp³-hybridized carbons (Fsp3) is 0.120. The first kappa shape index (κ1) is 20.6. The van der Waals surface area contributed by atoms with Crippen molar-refractivity contribution in [1.82, 2.24) is 10.3 Å². The Bertz CT molecular complexity index is 1220. The van der Waals surface area contributed by atoms with Gasteiger partial charge in [-0.1, -0.05) is 42.5 Å². The maximum absolute atomic E-state index is 12.9. The summed E-state index contributed by atoms with van der Waals surface area (Å²) < 4.78 is 38.6. The zero-order chi connectivity index (χ0) is 22.0. The number of carbonyl (C=O) groups is 1. The van der Waals surface area contributed by atoms with Gasteiger partial charge >= 0.3 is 6.18 Å². The number of nitrogens with zero attached hydrogens (tertiary/aromatic N) is 1. The van der Waals surface area contributed by atoms with Crippen LogP contribution in [0.5, 0.6) is 0 Å². The van der Waals surface area contributed by atoms with Crippen LogP contribution in [0.2, 0.25) is 0 Å². The highest BCUT2D eigenvalue weighted by Gasteiger charge is 2.30. The lowest BCUT2D eigenvalue weighted by Gasteiger charge is -2.14. The summed E-state index contributed by atoms with van der Waals surface area (Å²) >= 11 is 0. The molecule has 0 fully saturated rings. The van der Waals surface area contributed by atoms with E-state index in [1.165, 1.54) is 12.1 Å². The highest BCUT2D eigenvalue weighted by molar-refractivity contribution is 6.02. The van der Waals surface area contributed by atoms with Crippen LogP contribution in [0.3, 0.4) is 0 Å². The van der Waals surface area contributed by atoms with Gasteiger partial charge in [-0.25, -0.2) is 0 Å². The Morgan fingerprint density at radius 2 is 1.71 bits per heavy atom. The van der Waals surface area contributed by atoms with Crippen LogP contribution < -0.4 is 5.32 Å². The van der Waals surface area contributed by atoms with Crippen LogP contribution in [0.4, 0.5) is 13.2 Å². The normalized spacial score (nSPS) is 12.5. The van der Waals surface area contributed by atoms with Crippen molar-refractivity contribution in [2.45, 2.75) is 19.1 Å². The largest absolute Gasteiger partial charge is 0.416 e. The number of fused-ring (bicyclic) bond motifs is 1. The van der Waals surface area contributed by atoms with Crippen LogP contribution in [0.15, 0.2) is 85.1 Å². The SMILES string of the molecule is C[C@H](NC(=O)c1ccc2c(-c3ccc(C(F)(F)F)cc3)cccc2c1)c1ccccn1. The second-order valence-electron chi connectivity index (χ2n) is 7.27. The molecule has 0 saturated heterocycles. The van der Waals surface area contributed by atoms with Crippen LogP contribution in [0, 0.1) is 0 Å². The Morgan fingerprint density at radius 3 is 2.39 bits per heavy atom. The fourth-order valence-corrected chi connectivity index (χ4v) is 3.50. The maximum Gasteiger partial charge on any atom is 0.416 e. The first-order valence-electron chi connectivity index (χ1n) is 9.75. The van der Waals surface area contributed by atoms with Crippen molar-refractivity contribution in [3.8, 4) is 11.1 Å². The molecule has 0 radical (unpaired) electrons. The average molecular weight is 420 g/mol. The number of nitrogens with one attached hydrogen (secondary N) is 1. The molecule has 4 rings (SSSR count). The summed E-state index contributed by atoms with van der Waals surface area (Å²) in [6.45, 7) is 1.87. The van der Waals surface area contributed by atoms with Crippen LogP contribution in [-0.2, 0) is 6.18 Å². The number of alkyl halides is 3. The van der Waals surface area contributed by atoms with Gasteiger partial charge in [0.25, 0.3) is 5.91 Å². The van der Waals surface area contributed by atoms with E-state index in [0.717, 1.165) is 34.2 Å². The van der Waals surface area contributed by atoms with E-state index in [0.29, 0.717) is 11.1 Å². The van der Waals surface area contributed by atoms with Crippen molar-refractivity contribution < 1.29 is 18.0 Å². The van der Waals surface area contributed by atoms with Gasteiger partial charge in [0.15, 0.2) is 0 Å². The summed E-state index contributed by atoms with van der Waals surface area (Å²) in [7, 11) is 0. The second kappa shape index (κ2) is 8.22. The molecular formula is C25H19F3N2O. The monoisotopic (exact) mass is 420 g/mol. The molecule has 1 atom stereocenters. The predicted molar refractivity (Wildman–Crippen MR) is 115 cm³/mol. The van der Waals surface area contributed by atoms with Crippen molar-refractivity contribution in [3.63, 3.8) is 0 Å². The van der Waals surface area contributed by atoms with Gasteiger partial charge in [0, 0.05) is 11.8 Å². The van der Waals surface area contributed by atoms with Crippen molar-refractivity contribution in [3.05, 3.63) is 102 Å². The second-order valence-corrected chi connectivity index (χ2v) is 7.27. The molecule has 1 heterocycles. The first-order chi connectivity index (χ1) is 14.8. The highest BCUT2D eigenvalue weighted by atomic mass is 19.4. The van der Waals surface area contributed by atoms with E-state index in [9.17, 15) is 18.0 Å². The van der Waals surface area contributed by atoms with E-state index in [4.69, 9.17) is 0 Å². The Hall–Kier alpha value is -3.67. The van der Waals surface area contributed by atoms with Gasteiger partial charge in [-0.2, -0.15) is 13.2 Å². The topological polar surface area (TPSA) is 42.0 Å². The fourth-order valence-electron chi connectivity index (χ4n) is 3.50. The smallest absolute Gasteiger partial charge is 0.344 e. The summed E-state index contributed by atoms with van der Waals surface area (Å²) in [5.41, 5.74) is 2.07. The van der Waals surface area contributed by atoms with Gasteiger partial charge in [0.2, 0.25) is 0 Å². The molecule has 4 aromatic rings. The third-order valence-electron chi connectivity index (χ3n) is 5.14. The van der Waals surface area contributed by atoms with Crippen molar-refractivity contribution in [1.29, 1.82) is 0 Å². The average Bonchev–Trinajstić information content (AvgIpc) is 2.78. The van der Waals surface area contributed by atoms with Gasteiger partial charge < -0.3 is 5.32 Å². The minimum Gasteiger partial charge on any atom is -0.344 e. The lowest BCUT2D eigenvalue weighted by molar-refractivity contribution is -0.137. The van der Waals surface area contributed by atoms with Crippen LogP contribution in [-0.4, -0.2) is 10.9 Å². The summed E-state index contributed by atoms with van der Waals surface area (Å²) in [5.74, 6) is -0.222. The molecule has 1 aromatic heterocycles. The summed E-state index contributed by atoms with van der Waals surface area (Å²) in [5, 5.41) is 4.62. The maximum atomic E-state index is 12.9. The Labute approximate surface area is 177 Å². The lowest BCUT2D eigenvalue weighted by Crippen LogP contribution is -2.27. The van der Waals surface area contributed by atoms with E-state index in [-0.39, 0.29) is 11.9 Å². The van der Waals surface area contributed by atoms with E-state index >= 15 is 0 Å². The number of rotatable bonds is 4. The quantitative estimate of drug-likeness (QED) is 0.414. The molecule has 3 aromatic carbocycles. The molecule has 0 spiro atoms. The number of carbonyl (C=O) groups excluding carboxylic acids is 1. The molecule has 0 bridgehead atoms. The molecule has 0 aliphatic carbocycles. The number of pyridine rings is 1. The standard InChI is InChI=1S/C25H19F3N2O/c1-16(23-7-2-3-14-29-23)30-24(31)19-10-13-22-18(15-19)5-4-6-21(22)17-8-11-20(12-9-17)25(26,27)28/h2-16H,1H3,(H,30,31)/t16-/m0/s1. The van der Waals surface area contributed by atoms with Gasteiger partial charge in [-0.05, 0) is 65.2 Å².